The third kappa shape index (κ3) is 2.84. The molecular formula is C13H18N2O4S2. The van der Waals surface area contributed by atoms with Gasteiger partial charge in [-0.3, -0.25) is 0 Å². The average Bonchev–Trinajstić information content (AvgIpc) is 3.16. The van der Waals surface area contributed by atoms with Crippen molar-refractivity contribution < 1.29 is 18.3 Å². The van der Waals surface area contributed by atoms with Gasteiger partial charge in [-0.25, -0.2) is 13.2 Å². The minimum Gasteiger partial charge on any atom is -0.477 e. The molecule has 0 spiro atoms. The summed E-state index contributed by atoms with van der Waals surface area (Å²) in [5.74, 6) is -0.305. The fourth-order valence-corrected chi connectivity index (χ4v) is 5.36. The van der Waals surface area contributed by atoms with Crippen LogP contribution in [-0.4, -0.2) is 52.5 Å². The smallest absolute Gasteiger partial charge is 0.352 e. The van der Waals surface area contributed by atoms with Crippen molar-refractivity contribution in [3.8, 4) is 0 Å². The van der Waals surface area contributed by atoms with Gasteiger partial charge in [-0.15, -0.1) is 0 Å². The summed E-state index contributed by atoms with van der Waals surface area (Å²) in [5, 5.41) is 9.50. The standard InChI is InChI=1S/C13H18N2O4S2/c1-9-7-14(4-5-20-9)21(18,19)11-6-12(13(16)17)15(8-11)10-2-3-10/h6,8-10H,2-5,7H2,1H3,(H,16,17). The number of rotatable bonds is 4. The molecule has 6 nitrogen and oxygen atoms in total. The first-order valence-corrected chi connectivity index (χ1v) is 9.45. The molecule has 2 heterocycles. The van der Waals surface area contributed by atoms with Crippen LogP contribution in [-0.2, 0) is 10.0 Å². The number of hydrogen-bond acceptors (Lipinski definition) is 4. The number of thioether (sulfide) groups is 1. The summed E-state index contributed by atoms with van der Waals surface area (Å²) in [6.07, 6.45) is 3.31. The van der Waals surface area contributed by atoms with Crippen LogP contribution < -0.4 is 0 Å². The first kappa shape index (κ1) is 14.9. The van der Waals surface area contributed by atoms with E-state index in [0.29, 0.717) is 13.1 Å². The first-order valence-electron chi connectivity index (χ1n) is 6.96. The highest BCUT2D eigenvalue weighted by Crippen LogP contribution is 2.38. The van der Waals surface area contributed by atoms with Crippen LogP contribution in [0.4, 0.5) is 0 Å². The molecule has 21 heavy (non-hydrogen) atoms. The second-order valence-corrected chi connectivity index (χ2v) is 9.03. The van der Waals surface area contributed by atoms with Gasteiger partial charge in [0.1, 0.15) is 10.6 Å². The van der Waals surface area contributed by atoms with Gasteiger partial charge in [-0.2, -0.15) is 16.1 Å². The molecule has 0 aromatic carbocycles. The van der Waals surface area contributed by atoms with E-state index in [1.807, 2.05) is 6.92 Å². The van der Waals surface area contributed by atoms with E-state index in [-0.39, 0.29) is 21.9 Å². The number of nitrogens with zero attached hydrogens (tertiary/aromatic N) is 2. The van der Waals surface area contributed by atoms with Crippen LogP contribution in [0, 0.1) is 0 Å². The fourth-order valence-electron chi connectivity index (χ4n) is 2.58. The van der Waals surface area contributed by atoms with Crippen molar-refractivity contribution in [2.45, 2.75) is 36.0 Å². The van der Waals surface area contributed by atoms with E-state index in [9.17, 15) is 18.3 Å². The van der Waals surface area contributed by atoms with Gasteiger partial charge < -0.3 is 9.67 Å². The Morgan fingerprint density at radius 3 is 2.71 bits per heavy atom. The number of aromatic carboxylic acids is 1. The van der Waals surface area contributed by atoms with Crippen molar-refractivity contribution in [1.82, 2.24) is 8.87 Å². The molecule has 8 heteroatoms. The van der Waals surface area contributed by atoms with E-state index < -0.39 is 16.0 Å². The lowest BCUT2D eigenvalue weighted by Gasteiger charge is -2.29. The Hall–Kier alpha value is -0.990. The predicted octanol–water partition coefficient (Wildman–Crippen LogP) is 1.65. The number of sulfonamides is 1. The van der Waals surface area contributed by atoms with Crippen LogP contribution in [0.2, 0.25) is 0 Å². The molecule has 1 unspecified atom stereocenters. The molecule has 1 aliphatic heterocycles. The minimum absolute atomic E-state index is 0.0653. The maximum Gasteiger partial charge on any atom is 0.352 e. The van der Waals surface area contributed by atoms with E-state index in [0.717, 1.165) is 18.6 Å². The number of hydrogen-bond donors (Lipinski definition) is 1. The summed E-state index contributed by atoms with van der Waals surface area (Å²) in [6, 6.07) is 1.43. The molecule has 116 valence electrons. The summed E-state index contributed by atoms with van der Waals surface area (Å²) in [4.78, 5) is 11.4. The number of aromatic nitrogens is 1. The largest absolute Gasteiger partial charge is 0.477 e. The molecule has 1 N–H and O–H groups in total. The average molecular weight is 330 g/mol. The monoisotopic (exact) mass is 330 g/mol. The van der Waals surface area contributed by atoms with Crippen LogP contribution in [0.3, 0.4) is 0 Å². The lowest BCUT2D eigenvalue weighted by Crippen LogP contribution is -2.40. The Morgan fingerprint density at radius 2 is 2.14 bits per heavy atom. The summed E-state index contributed by atoms with van der Waals surface area (Å²) in [7, 11) is -3.60. The van der Waals surface area contributed by atoms with Crippen LogP contribution in [0.1, 0.15) is 36.3 Å². The summed E-state index contributed by atoms with van der Waals surface area (Å²) in [6.45, 7) is 2.96. The Balaban J connectivity index is 1.95. The number of carboxylic acids is 1. The van der Waals surface area contributed by atoms with E-state index >= 15 is 0 Å². The van der Waals surface area contributed by atoms with Gasteiger partial charge in [0.05, 0.1) is 0 Å². The lowest BCUT2D eigenvalue weighted by atomic mass is 10.4. The summed E-state index contributed by atoms with van der Waals surface area (Å²) in [5.41, 5.74) is 0.0653. The zero-order chi connectivity index (χ0) is 15.2. The minimum atomic E-state index is -3.60. The molecule has 1 aromatic heterocycles. The maximum atomic E-state index is 12.7. The third-order valence-corrected chi connectivity index (χ3v) is 6.79. The van der Waals surface area contributed by atoms with Gasteiger partial charge in [-0.1, -0.05) is 6.92 Å². The Kier molecular flexibility index (Phi) is 3.79. The van der Waals surface area contributed by atoms with E-state index in [4.69, 9.17) is 0 Å². The van der Waals surface area contributed by atoms with Crippen molar-refractivity contribution >= 4 is 27.8 Å². The van der Waals surface area contributed by atoms with Crippen molar-refractivity contribution in [3.05, 3.63) is 18.0 Å². The summed E-state index contributed by atoms with van der Waals surface area (Å²) < 4.78 is 28.4. The van der Waals surface area contributed by atoms with E-state index in [1.165, 1.54) is 16.6 Å². The highest BCUT2D eigenvalue weighted by atomic mass is 32.2. The van der Waals surface area contributed by atoms with Gasteiger partial charge in [0.25, 0.3) is 0 Å². The summed E-state index contributed by atoms with van der Waals surface area (Å²) >= 11 is 1.76. The van der Waals surface area contributed by atoms with Gasteiger partial charge >= 0.3 is 5.97 Å². The van der Waals surface area contributed by atoms with Gasteiger partial charge in [0.2, 0.25) is 10.0 Å². The topological polar surface area (TPSA) is 79.6 Å². The third-order valence-electron chi connectivity index (χ3n) is 3.82. The first-order chi connectivity index (χ1) is 9.89. The van der Waals surface area contributed by atoms with Gasteiger partial charge in [-0.05, 0) is 18.9 Å². The lowest BCUT2D eigenvalue weighted by molar-refractivity contribution is 0.0685. The van der Waals surface area contributed by atoms with Crippen molar-refractivity contribution in [1.29, 1.82) is 0 Å². The van der Waals surface area contributed by atoms with Crippen molar-refractivity contribution in [3.63, 3.8) is 0 Å². The maximum absolute atomic E-state index is 12.7. The molecule has 0 amide bonds. The molecule has 1 saturated carbocycles. The molecule has 0 bridgehead atoms. The molecule has 2 aliphatic rings. The highest BCUT2D eigenvalue weighted by molar-refractivity contribution is 8.00. The van der Waals surface area contributed by atoms with Crippen LogP contribution in [0.25, 0.3) is 0 Å². The molecule has 1 saturated heterocycles. The van der Waals surface area contributed by atoms with Gasteiger partial charge in [0.15, 0.2) is 0 Å². The SMILES string of the molecule is CC1CN(S(=O)(=O)c2cc(C(=O)O)n(C3CC3)c2)CCS1. The Labute approximate surface area is 128 Å². The van der Waals surface area contributed by atoms with E-state index in [1.54, 1.807) is 16.3 Å². The Morgan fingerprint density at radius 1 is 1.43 bits per heavy atom. The molecule has 3 rings (SSSR count). The zero-order valence-corrected chi connectivity index (χ0v) is 13.4. The second kappa shape index (κ2) is 5.33. The molecule has 1 aliphatic carbocycles. The molecule has 1 atom stereocenters. The van der Waals surface area contributed by atoms with Crippen LogP contribution >= 0.6 is 11.8 Å². The molecule has 2 fully saturated rings. The normalized spacial score (nSPS) is 24.1. The number of carboxylic acid groups (broad SMARTS) is 1. The fraction of sp³-hybridized carbons (Fsp3) is 0.615. The quantitative estimate of drug-likeness (QED) is 0.908. The molecule has 0 radical (unpaired) electrons. The number of carbonyl (C=O) groups is 1. The highest BCUT2D eigenvalue weighted by Gasteiger charge is 2.34. The van der Waals surface area contributed by atoms with Crippen molar-refractivity contribution in [2.24, 2.45) is 0 Å². The molecule has 1 aromatic rings. The van der Waals surface area contributed by atoms with Gasteiger partial charge in [0, 0.05) is 36.3 Å². The van der Waals surface area contributed by atoms with Crippen LogP contribution in [0.5, 0.6) is 0 Å². The van der Waals surface area contributed by atoms with Crippen molar-refractivity contribution in [2.75, 3.05) is 18.8 Å². The predicted molar refractivity (Wildman–Crippen MR) is 80.3 cm³/mol. The van der Waals surface area contributed by atoms with Crippen LogP contribution in [0.15, 0.2) is 17.2 Å². The van der Waals surface area contributed by atoms with E-state index in [2.05, 4.69) is 0 Å². The molecular weight excluding hydrogens is 312 g/mol. The zero-order valence-electron chi connectivity index (χ0n) is 11.7. The Bertz CT molecular complexity index is 664. The second-order valence-electron chi connectivity index (χ2n) is 5.55.